The van der Waals surface area contributed by atoms with Gasteiger partial charge in [0, 0.05) is 21.5 Å². The highest BCUT2D eigenvalue weighted by atomic mass is 35.5. The number of aromatic hydroxyl groups is 2. The molecule has 0 aliphatic rings. The minimum Gasteiger partial charge on any atom is -0.507 e. The van der Waals surface area contributed by atoms with Crippen molar-refractivity contribution in [3.63, 3.8) is 0 Å². The second-order valence-electron chi connectivity index (χ2n) is 4.80. The molecular weight excluding hydrogens is 302 g/mol. The Balaban J connectivity index is 2.00. The molecule has 0 aliphatic carbocycles. The Bertz CT molecular complexity index is 860. The van der Waals surface area contributed by atoms with Crippen molar-refractivity contribution >= 4 is 34.0 Å². The fourth-order valence-electron chi connectivity index (χ4n) is 2.25. The van der Waals surface area contributed by atoms with E-state index in [0.29, 0.717) is 21.5 Å². The third kappa shape index (κ3) is 2.56. The van der Waals surface area contributed by atoms with Gasteiger partial charge in [0.05, 0.1) is 5.56 Å². The molecule has 4 nitrogen and oxygen atoms in total. The number of phenols is 2. The third-order valence-electron chi connectivity index (χ3n) is 3.34. The van der Waals surface area contributed by atoms with E-state index in [2.05, 4.69) is 5.32 Å². The van der Waals surface area contributed by atoms with E-state index >= 15 is 0 Å². The molecule has 22 heavy (non-hydrogen) atoms. The van der Waals surface area contributed by atoms with Gasteiger partial charge < -0.3 is 15.5 Å². The third-order valence-corrected chi connectivity index (χ3v) is 3.59. The van der Waals surface area contributed by atoms with Gasteiger partial charge in [-0.3, -0.25) is 4.79 Å². The molecule has 0 fully saturated rings. The topological polar surface area (TPSA) is 69.6 Å². The Kier molecular flexibility index (Phi) is 3.61. The Labute approximate surface area is 131 Å². The number of hydrogen-bond donors (Lipinski definition) is 3. The molecule has 1 amide bonds. The largest absolute Gasteiger partial charge is 0.507 e. The van der Waals surface area contributed by atoms with Gasteiger partial charge in [-0.1, -0.05) is 35.9 Å². The number of amides is 1. The lowest BCUT2D eigenvalue weighted by atomic mass is 10.0. The first-order chi connectivity index (χ1) is 10.6. The van der Waals surface area contributed by atoms with Gasteiger partial charge in [0.1, 0.15) is 11.5 Å². The summed E-state index contributed by atoms with van der Waals surface area (Å²) >= 11 is 5.79. The van der Waals surface area contributed by atoms with Crippen molar-refractivity contribution in [2.24, 2.45) is 0 Å². The molecule has 0 bridgehead atoms. The van der Waals surface area contributed by atoms with Gasteiger partial charge in [-0.05, 0) is 30.3 Å². The van der Waals surface area contributed by atoms with E-state index in [1.54, 1.807) is 48.5 Å². The maximum atomic E-state index is 12.3. The molecule has 0 heterocycles. The first kappa shape index (κ1) is 14.2. The molecule has 110 valence electrons. The van der Waals surface area contributed by atoms with Crippen LogP contribution in [0.3, 0.4) is 0 Å². The molecule has 0 saturated heterocycles. The van der Waals surface area contributed by atoms with Gasteiger partial charge in [0.15, 0.2) is 0 Å². The molecule has 0 aliphatic heterocycles. The predicted molar refractivity (Wildman–Crippen MR) is 86.7 cm³/mol. The summed E-state index contributed by atoms with van der Waals surface area (Å²) in [5, 5.41) is 24.4. The number of carbonyl (C=O) groups is 1. The van der Waals surface area contributed by atoms with E-state index < -0.39 is 5.91 Å². The fourth-order valence-corrected chi connectivity index (χ4v) is 2.37. The second kappa shape index (κ2) is 5.58. The summed E-state index contributed by atoms with van der Waals surface area (Å²) < 4.78 is 0. The van der Waals surface area contributed by atoms with Gasteiger partial charge in [-0.15, -0.1) is 0 Å². The lowest BCUT2D eigenvalue weighted by Crippen LogP contribution is -2.12. The summed E-state index contributed by atoms with van der Waals surface area (Å²) in [5.74, 6) is -0.740. The van der Waals surface area contributed by atoms with Crippen LogP contribution in [-0.4, -0.2) is 16.1 Å². The number of carbonyl (C=O) groups excluding carboxylic acids is 1. The quantitative estimate of drug-likeness (QED) is 0.622. The zero-order valence-corrected chi connectivity index (χ0v) is 12.1. The van der Waals surface area contributed by atoms with Crippen molar-refractivity contribution in [3.8, 4) is 11.5 Å². The van der Waals surface area contributed by atoms with E-state index in [1.165, 1.54) is 6.07 Å². The number of hydrogen-bond acceptors (Lipinski definition) is 3. The van der Waals surface area contributed by atoms with Crippen molar-refractivity contribution in [2.45, 2.75) is 0 Å². The average Bonchev–Trinajstić information content (AvgIpc) is 2.53. The monoisotopic (exact) mass is 313 g/mol. The van der Waals surface area contributed by atoms with Crippen LogP contribution in [0.2, 0.25) is 5.02 Å². The van der Waals surface area contributed by atoms with Crippen LogP contribution in [0.1, 0.15) is 10.4 Å². The molecule has 5 heteroatoms. The first-order valence-electron chi connectivity index (χ1n) is 6.57. The fraction of sp³-hybridized carbons (Fsp3) is 0. The number of halogens is 1. The van der Waals surface area contributed by atoms with Crippen LogP contribution in [-0.2, 0) is 0 Å². The van der Waals surface area contributed by atoms with Gasteiger partial charge in [0.2, 0.25) is 0 Å². The van der Waals surface area contributed by atoms with E-state index in [9.17, 15) is 15.0 Å². The molecule has 3 aromatic carbocycles. The van der Waals surface area contributed by atoms with Crippen molar-refractivity contribution in [1.29, 1.82) is 0 Å². The van der Waals surface area contributed by atoms with E-state index in [1.807, 2.05) is 0 Å². The van der Waals surface area contributed by atoms with Crippen LogP contribution < -0.4 is 5.32 Å². The molecule has 0 spiro atoms. The van der Waals surface area contributed by atoms with Gasteiger partial charge >= 0.3 is 0 Å². The van der Waals surface area contributed by atoms with Crippen LogP contribution in [0.25, 0.3) is 10.8 Å². The first-order valence-corrected chi connectivity index (χ1v) is 6.94. The van der Waals surface area contributed by atoms with Gasteiger partial charge in [-0.2, -0.15) is 0 Å². The molecule has 0 radical (unpaired) electrons. The van der Waals surface area contributed by atoms with E-state index in [-0.39, 0.29) is 17.1 Å². The van der Waals surface area contributed by atoms with E-state index in [0.717, 1.165) is 0 Å². The lowest BCUT2D eigenvalue weighted by Gasteiger charge is -2.10. The minimum absolute atomic E-state index is 0.00569. The maximum absolute atomic E-state index is 12.3. The highest BCUT2D eigenvalue weighted by Gasteiger charge is 2.17. The van der Waals surface area contributed by atoms with Crippen LogP contribution in [0.4, 0.5) is 5.69 Å². The molecule has 0 atom stereocenters. The van der Waals surface area contributed by atoms with Crippen LogP contribution >= 0.6 is 11.6 Å². The zero-order valence-electron chi connectivity index (χ0n) is 11.4. The SMILES string of the molecule is O=C(Nc1ccc(Cl)cc1)c1cc(O)c2ccccc2c1O. The Morgan fingerprint density at radius 2 is 1.59 bits per heavy atom. The van der Waals surface area contributed by atoms with Crippen LogP contribution in [0, 0.1) is 0 Å². The summed E-state index contributed by atoms with van der Waals surface area (Å²) in [4.78, 5) is 12.3. The van der Waals surface area contributed by atoms with E-state index in [4.69, 9.17) is 11.6 Å². The van der Waals surface area contributed by atoms with Crippen molar-refractivity contribution in [2.75, 3.05) is 5.32 Å². The summed E-state index contributed by atoms with van der Waals surface area (Å²) in [6, 6.07) is 14.6. The smallest absolute Gasteiger partial charge is 0.259 e. The summed E-state index contributed by atoms with van der Waals surface area (Å²) in [7, 11) is 0. The molecule has 3 rings (SSSR count). The summed E-state index contributed by atoms with van der Waals surface area (Å²) in [5.41, 5.74) is 0.549. The van der Waals surface area contributed by atoms with Crippen LogP contribution in [0.5, 0.6) is 11.5 Å². The average molecular weight is 314 g/mol. The number of anilines is 1. The highest BCUT2D eigenvalue weighted by Crippen LogP contribution is 2.35. The predicted octanol–water partition coefficient (Wildman–Crippen LogP) is 4.16. The molecule has 0 aromatic heterocycles. The Morgan fingerprint density at radius 1 is 0.955 bits per heavy atom. The van der Waals surface area contributed by atoms with Gasteiger partial charge in [0.25, 0.3) is 5.91 Å². The molecule has 3 N–H and O–H groups in total. The number of benzene rings is 3. The Hall–Kier alpha value is -2.72. The maximum Gasteiger partial charge on any atom is 0.259 e. The lowest BCUT2D eigenvalue weighted by molar-refractivity contribution is 0.102. The Morgan fingerprint density at radius 3 is 2.27 bits per heavy atom. The summed E-state index contributed by atoms with van der Waals surface area (Å²) in [6.07, 6.45) is 0. The standard InChI is InChI=1S/C17H12ClNO3/c18-10-5-7-11(8-6-10)19-17(22)14-9-15(20)12-3-1-2-4-13(12)16(14)21/h1-9,20-21H,(H,19,22). The van der Waals surface area contributed by atoms with Crippen LogP contribution in [0.15, 0.2) is 54.6 Å². The van der Waals surface area contributed by atoms with Crippen molar-refractivity contribution in [1.82, 2.24) is 0 Å². The molecule has 3 aromatic rings. The highest BCUT2D eigenvalue weighted by molar-refractivity contribution is 6.30. The van der Waals surface area contributed by atoms with Crippen molar-refractivity contribution < 1.29 is 15.0 Å². The molecular formula is C17H12ClNO3. The minimum atomic E-state index is -0.513. The number of fused-ring (bicyclic) bond motifs is 1. The summed E-state index contributed by atoms with van der Waals surface area (Å²) in [6.45, 7) is 0. The number of rotatable bonds is 2. The normalized spacial score (nSPS) is 10.6. The molecule has 0 unspecified atom stereocenters. The number of phenolic OH excluding ortho intramolecular Hbond substituents is 2. The zero-order chi connectivity index (χ0) is 15.7. The molecule has 0 saturated carbocycles. The second-order valence-corrected chi connectivity index (χ2v) is 5.23. The number of nitrogens with one attached hydrogen (secondary N) is 1. The van der Waals surface area contributed by atoms with Gasteiger partial charge in [-0.25, -0.2) is 0 Å². The van der Waals surface area contributed by atoms with Crippen molar-refractivity contribution in [3.05, 3.63) is 65.2 Å².